The standard InChI is InChI=1S/C15H22O3.Al.3H/c1-14(2,3)11-9-7-8-10(13(16)17)12(11)18-15(4,5)6;;;;/h7-9H,1-6H3,(H,16,17);;;;. The van der Waals surface area contributed by atoms with Crippen LogP contribution in [0.3, 0.4) is 0 Å². The lowest BCUT2D eigenvalue weighted by atomic mass is 9.85. The Balaban J connectivity index is 0.00000324. The van der Waals surface area contributed by atoms with E-state index in [0.717, 1.165) is 5.56 Å². The van der Waals surface area contributed by atoms with E-state index >= 15 is 0 Å². The quantitative estimate of drug-likeness (QED) is 0.847. The molecule has 0 aliphatic heterocycles. The van der Waals surface area contributed by atoms with Crippen molar-refractivity contribution in [2.24, 2.45) is 0 Å². The number of benzene rings is 1. The highest BCUT2D eigenvalue weighted by molar-refractivity contribution is 5.91. The number of hydrogen-bond donors (Lipinski definition) is 1. The smallest absolute Gasteiger partial charge is 0.339 e. The zero-order valence-electron chi connectivity index (χ0n) is 12.0. The molecule has 0 heterocycles. The Morgan fingerprint density at radius 1 is 1.11 bits per heavy atom. The Morgan fingerprint density at radius 2 is 1.63 bits per heavy atom. The van der Waals surface area contributed by atoms with E-state index in [9.17, 15) is 9.90 Å². The zero-order chi connectivity index (χ0) is 14.1. The van der Waals surface area contributed by atoms with E-state index in [1.54, 1.807) is 12.1 Å². The first-order valence-corrected chi connectivity index (χ1v) is 6.08. The molecule has 3 nitrogen and oxygen atoms in total. The van der Waals surface area contributed by atoms with Crippen LogP contribution < -0.4 is 4.74 Å². The van der Waals surface area contributed by atoms with Crippen molar-refractivity contribution < 1.29 is 14.6 Å². The molecule has 0 radical (unpaired) electrons. The molecule has 106 valence electrons. The molecule has 0 bridgehead atoms. The second-order valence-corrected chi connectivity index (χ2v) is 6.45. The third kappa shape index (κ3) is 4.89. The Labute approximate surface area is 126 Å². The highest BCUT2D eigenvalue weighted by Crippen LogP contribution is 2.36. The molecule has 19 heavy (non-hydrogen) atoms. The largest absolute Gasteiger partial charge is 0.487 e. The van der Waals surface area contributed by atoms with Gasteiger partial charge in [-0.3, -0.25) is 0 Å². The van der Waals surface area contributed by atoms with E-state index in [4.69, 9.17) is 4.74 Å². The first kappa shape index (κ1) is 18.0. The van der Waals surface area contributed by atoms with Crippen molar-refractivity contribution >= 4 is 23.3 Å². The van der Waals surface area contributed by atoms with E-state index < -0.39 is 11.6 Å². The minimum Gasteiger partial charge on any atom is -0.487 e. The van der Waals surface area contributed by atoms with Gasteiger partial charge in [-0.2, -0.15) is 0 Å². The predicted molar refractivity (Wildman–Crippen MR) is 82.4 cm³/mol. The van der Waals surface area contributed by atoms with Crippen LogP contribution in [-0.2, 0) is 5.41 Å². The van der Waals surface area contributed by atoms with Gasteiger partial charge < -0.3 is 9.84 Å². The summed E-state index contributed by atoms with van der Waals surface area (Å²) in [7, 11) is 0. The van der Waals surface area contributed by atoms with Crippen LogP contribution in [0.4, 0.5) is 0 Å². The van der Waals surface area contributed by atoms with E-state index in [1.165, 1.54) is 0 Å². The fourth-order valence-corrected chi connectivity index (χ4v) is 1.71. The summed E-state index contributed by atoms with van der Waals surface area (Å²) < 4.78 is 5.87. The van der Waals surface area contributed by atoms with Crippen molar-refractivity contribution in [3.05, 3.63) is 29.3 Å². The number of para-hydroxylation sites is 1. The van der Waals surface area contributed by atoms with Crippen LogP contribution >= 0.6 is 0 Å². The molecule has 1 N–H and O–H groups in total. The molecular formula is C15H25AlO3. The summed E-state index contributed by atoms with van der Waals surface area (Å²) in [6.45, 7) is 11.9. The van der Waals surface area contributed by atoms with Crippen LogP contribution in [0.15, 0.2) is 18.2 Å². The molecular weight excluding hydrogens is 255 g/mol. The topological polar surface area (TPSA) is 46.5 Å². The minimum atomic E-state index is -0.958. The Hall–Kier alpha value is -0.978. The number of carboxylic acids is 1. The van der Waals surface area contributed by atoms with Gasteiger partial charge in [0.25, 0.3) is 0 Å². The Bertz CT molecular complexity index is 453. The average Bonchev–Trinajstić information content (AvgIpc) is 2.13. The summed E-state index contributed by atoms with van der Waals surface area (Å²) in [5, 5.41) is 9.27. The van der Waals surface area contributed by atoms with Gasteiger partial charge in [0.1, 0.15) is 16.9 Å². The third-order valence-electron chi connectivity index (χ3n) is 2.46. The molecule has 0 atom stereocenters. The highest BCUT2D eigenvalue weighted by Gasteiger charge is 2.26. The zero-order valence-corrected chi connectivity index (χ0v) is 12.0. The number of carbonyl (C=O) groups is 1. The molecule has 1 aromatic rings. The summed E-state index contributed by atoms with van der Waals surface area (Å²) in [6, 6.07) is 5.27. The lowest BCUT2D eigenvalue weighted by Crippen LogP contribution is -2.27. The molecule has 0 aromatic heterocycles. The van der Waals surface area contributed by atoms with Crippen molar-refractivity contribution in [3.63, 3.8) is 0 Å². The molecule has 0 spiro atoms. The van der Waals surface area contributed by atoms with Crippen LogP contribution in [0.1, 0.15) is 57.5 Å². The normalized spacial score (nSPS) is 11.7. The van der Waals surface area contributed by atoms with Gasteiger partial charge in [-0.15, -0.1) is 0 Å². The van der Waals surface area contributed by atoms with Gasteiger partial charge in [0.2, 0.25) is 0 Å². The van der Waals surface area contributed by atoms with Crippen molar-refractivity contribution in [1.82, 2.24) is 0 Å². The lowest BCUT2D eigenvalue weighted by molar-refractivity contribution is 0.0679. The number of carboxylic acid groups (broad SMARTS) is 1. The predicted octanol–water partition coefficient (Wildman–Crippen LogP) is 2.68. The maximum Gasteiger partial charge on any atom is 0.339 e. The SMILES string of the molecule is CC(C)(C)Oc1c(C(=O)O)cccc1C(C)(C)C.[AlH3]. The molecule has 0 unspecified atom stereocenters. The van der Waals surface area contributed by atoms with Crippen molar-refractivity contribution in [2.45, 2.75) is 52.6 Å². The number of ether oxygens (including phenoxy) is 1. The first-order valence-electron chi connectivity index (χ1n) is 6.08. The molecule has 0 aliphatic rings. The molecule has 0 saturated heterocycles. The van der Waals surface area contributed by atoms with Gasteiger partial charge in [-0.1, -0.05) is 32.9 Å². The monoisotopic (exact) mass is 280 g/mol. The van der Waals surface area contributed by atoms with Gasteiger partial charge in [0.05, 0.1) is 0 Å². The minimum absolute atomic E-state index is 0. The van der Waals surface area contributed by atoms with Crippen molar-refractivity contribution in [2.75, 3.05) is 0 Å². The first-order chi connectivity index (χ1) is 8.02. The van der Waals surface area contributed by atoms with Crippen LogP contribution in [0.25, 0.3) is 0 Å². The highest BCUT2D eigenvalue weighted by atomic mass is 27.0. The fraction of sp³-hybridized carbons (Fsp3) is 0.533. The van der Waals surface area contributed by atoms with Gasteiger partial charge in [-0.05, 0) is 32.3 Å². The number of rotatable bonds is 2. The third-order valence-corrected chi connectivity index (χ3v) is 2.46. The molecule has 1 rings (SSSR count). The summed E-state index contributed by atoms with van der Waals surface area (Å²) in [5.74, 6) is -0.481. The lowest BCUT2D eigenvalue weighted by Gasteiger charge is -2.29. The summed E-state index contributed by atoms with van der Waals surface area (Å²) >= 11 is 0. The maximum atomic E-state index is 11.3. The van der Waals surface area contributed by atoms with Gasteiger partial charge >= 0.3 is 5.97 Å². The Kier molecular flexibility index (Phi) is 5.68. The van der Waals surface area contributed by atoms with Crippen LogP contribution in [0.5, 0.6) is 5.75 Å². The van der Waals surface area contributed by atoms with Gasteiger partial charge in [-0.25, -0.2) is 4.79 Å². The fourth-order valence-electron chi connectivity index (χ4n) is 1.71. The van der Waals surface area contributed by atoms with Crippen LogP contribution in [-0.4, -0.2) is 34.0 Å². The van der Waals surface area contributed by atoms with Crippen LogP contribution in [0.2, 0.25) is 0 Å². The number of hydrogen-bond acceptors (Lipinski definition) is 2. The summed E-state index contributed by atoms with van der Waals surface area (Å²) in [5.41, 5.74) is 0.548. The molecule has 0 aliphatic carbocycles. The van der Waals surface area contributed by atoms with Gasteiger partial charge in [0, 0.05) is 5.56 Å². The molecule has 4 heteroatoms. The molecule has 1 aromatic carbocycles. The maximum absolute atomic E-state index is 11.3. The van der Waals surface area contributed by atoms with E-state index in [2.05, 4.69) is 0 Å². The summed E-state index contributed by atoms with van der Waals surface area (Å²) in [4.78, 5) is 11.3. The molecule has 0 saturated carbocycles. The van der Waals surface area contributed by atoms with Crippen molar-refractivity contribution in [3.8, 4) is 5.75 Å². The van der Waals surface area contributed by atoms with E-state index in [1.807, 2.05) is 47.6 Å². The molecule has 0 amide bonds. The molecule has 0 fully saturated rings. The second-order valence-electron chi connectivity index (χ2n) is 6.45. The Morgan fingerprint density at radius 3 is 2.00 bits per heavy atom. The van der Waals surface area contributed by atoms with Crippen molar-refractivity contribution in [1.29, 1.82) is 0 Å². The summed E-state index contributed by atoms with van der Waals surface area (Å²) in [6.07, 6.45) is 0. The van der Waals surface area contributed by atoms with Gasteiger partial charge in [0.15, 0.2) is 17.4 Å². The van der Waals surface area contributed by atoms with E-state index in [-0.39, 0.29) is 28.3 Å². The number of aromatic carboxylic acids is 1. The van der Waals surface area contributed by atoms with E-state index in [0.29, 0.717) is 5.75 Å². The van der Waals surface area contributed by atoms with Crippen LogP contribution in [0, 0.1) is 0 Å². The average molecular weight is 280 g/mol. The second kappa shape index (κ2) is 5.98.